The number of hydrogen-bond acceptors (Lipinski definition) is 1. The van der Waals surface area contributed by atoms with Gasteiger partial charge in [0.15, 0.2) is 12.3 Å². The maximum Gasteiger partial charge on any atom is 0.209 e. The molecule has 4 nitrogen and oxygen atoms in total. The summed E-state index contributed by atoms with van der Waals surface area (Å²) in [5.74, 6) is 0. The van der Waals surface area contributed by atoms with Crippen LogP contribution >= 0.6 is 15.9 Å². The zero-order chi connectivity index (χ0) is 30.4. The molecular formula is C36H54BrN4+3. The first-order valence-corrected chi connectivity index (χ1v) is 16.0. The highest BCUT2D eigenvalue weighted by molar-refractivity contribution is 9.10. The molecular weight excluding hydrogens is 568 g/mol. The third kappa shape index (κ3) is 6.89. The Morgan fingerprint density at radius 2 is 1.49 bits per heavy atom. The van der Waals surface area contributed by atoms with Gasteiger partial charge in [-0.1, -0.05) is 53.5 Å². The number of fused-ring (bicyclic) bond motifs is 2. The number of nitrogens with zero attached hydrogens (tertiary/aromatic N) is 4. The topological polar surface area (TPSA) is 6.25 Å². The van der Waals surface area contributed by atoms with Gasteiger partial charge in [0.2, 0.25) is 5.69 Å². The quantitative estimate of drug-likeness (QED) is 0.196. The summed E-state index contributed by atoms with van der Waals surface area (Å²) in [5.41, 5.74) is 9.54. The maximum absolute atomic E-state index is 3.74. The van der Waals surface area contributed by atoms with Crippen molar-refractivity contribution >= 4 is 33.0 Å². The second-order valence-electron chi connectivity index (χ2n) is 15.3. The Bertz CT molecular complexity index is 1380. The van der Waals surface area contributed by atoms with E-state index in [1.54, 1.807) is 0 Å². The van der Waals surface area contributed by atoms with E-state index in [-0.39, 0.29) is 10.8 Å². The molecule has 0 fully saturated rings. The highest BCUT2D eigenvalue weighted by atomic mass is 79.9. The van der Waals surface area contributed by atoms with Crippen molar-refractivity contribution in [2.45, 2.75) is 58.3 Å². The van der Waals surface area contributed by atoms with E-state index in [1.807, 2.05) is 0 Å². The number of allylic oxidation sites excluding steroid dienone is 4. The van der Waals surface area contributed by atoms with Gasteiger partial charge in [-0.25, -0.2) is 0 Å². The lowest BCUT2D eigenvalue weighted by atomic mass is 9.81. The van der Waals surface area contributed by atoms with Gasteiger partial charge in [0, 0.05) is 51.9 Å². The molecule has 222 valence electrons. The number of quaternary nitrogens is 2. The highest BCUT2D eigenvalue weighted by Gasteiger charge is 2.44. The first-order chi connectivity index (χ1) is 18.9. The van der Waals surface area contributed by atoms with E-state index < -0.39 is 0 Å². The fourth-order valence-corrected chi connectivity index (χ4v) is 6.92. The Kier molecular flexibility index (Phi) is 8.87. The lowest BCUT2D eigenvalue weighted by molar-refractivity contribution is -0.871. The fourth-order valence-electron chi connectivity index (χ4n) is 6.56. The van der Waals surface area contributed by atoms with Crippen LogP contribution in [-0.2, 0) is 10.8 Å². The lowest BCUT2D eigenvalue weighted by Crippen LogP contribution is -2.37. The minimum absolute atomic E-state index is 0.0454. The summed E-state index contributed by atoms with van der Waals surface area (Å²) < 4.78 is 5.70. The first kappa shape index (κ1) is 31.7. The molecule has 2 aromatic rings. The molecule has 2 aromatic carbocycles. The molecule has 0 aliphatic carbocycles. The van der Waals surface area contributed by atoms with Gasteiger partial charge < -0.3 is 13.9 Å². The number of anilines is 1. The molecule has 2 aliphatic heterocycles. The normalized spacial score (nSPS) is 19.0. The average molecular weight is 623 g/mol. The van der Waals surface area contributed by atoms with Crippen molar-refractivity contribution in [3.63, 3.8) is 0 Å². The van der Waals surface area contributed by atoms with Crippen molar-refractivity contribution in [2.75, 3.05) is 73.4 Å². The zero-order valence-electron chi connectivity index (χ0n) is 27.6. The third-order valence-corrected chi connectivity index (χ3v) is 9.32. The van der Waals surface area contributed by atoms with E-state index in [0.29, 0.717) is 0 Å². The van der Waals surface area contributed by atoms with Crippen LogP contribution in [0.25, 0.3) is 0 Å². The summed E-state index contributed by atoms with van der Waals surface area (Å²) in [6, 6.07) is 13.8. The standard InChI is InChI=1S/C36H54BrN4/c1-27-17-19-31-29(25-27)35(2,3)33(38(31)21-13-23-40(6,7)8)15-12-16-34-36(4,5)30-26-28(37)18-20-32(30)39(34)22-14-24-41(9,10)11/h12,15-20,25-26H,13-14,21-24H2,1-11H3/q+3. The summed E-state index contributed by atoms with van der Waals surface area (Å²) in [4.78, 5) is 2.59. The second-order valence-corrected chi connectivity index (χ2v) is 16.2. The summed E-state index contributed by atoms with van der Waals surface area (Å²) in [6.07, 6.45) is 9.42. The van der Waals surface area contributed by atoms with E-state index in [0.717, 1.165) is 52.5 Å². The fraction of sp³-hybridized carbons (Fsp3) is 0.528. The van der Waals surface area contributed by atoms with E-state index in [2.05, 4.69) is 157 Å². The van der Waals surface area contributed by atoms with Crippen LogP contribution in [0.5, 0.6) is 0 Å². The second kappa shape index (κ2) is 11.5. The van der Waals surface area contributed by atoms with E-state index in [9.17, 15) is 0 Å². The molecule has 0 unspecified atom stereocenters. The van der Waals surface area contributed by atoms with Crippen molar-refractivity contribution in [2.24, 2.45) is 0 Å². The Morgan fingerprint density at radius 3 is 2.15 bits per heavy atom. The molecule has 0 amide bonds. The van der Waals surface area contributed by atoms with E-state index in [4.69, 9.17) is 0 Å². The van der Waals surface area contributed by atoms with Crippen LogP contribution < -0.4 is 4.90 Å². The summed E-state index contributed by atoms with van der Waals surface area (Å²) in [7, 11) is 13.7. The minimum atomic E-state index is -0.0692. The molecule has 0 aromatic heterocycles. The number of rotatable bonds is 10. The van der Waals surface area contributed by atoms with Gasteiger partial charge >= 0.3 is 0 Å². The van der Waals surface area contributed by atoms with Crippen molar-refractivity contribution in [1.29, 1.82) is 0 Å². The van der Waals surface area contributed by atoms with Crippen molar-refractivity contribution in [3.8, 4) is 0 Å². The van der Waals surface area contributed by atoms with Crippen LogP contribution in [0, 0.1) is 6.92 Å². The van der Waals surface area contributed by atoms with E-state index >= 15 is 0 Å². The highest BCUT2D eigenvalue weighted by Crippen LogP contribution is 2.48. The van der Waals surface area contributed by atoms with Gasteiger partial charge in [-0.3, -0.25) is 0 Å². The Labute approximate surface area is 259 Å². The summed E-state index contributed by atoms with van der Waals surface area (Å²) in [6.45, 7) is 16.1. The van der Waals surface area contributed by atoms with Crippen molar-refractivity contribution in [1.82, 2.24) is 0 Å². The molecule has 5 heteroatoms. The van der Waals surface area contributed by atoms with Gasteiger partial charge in [0.25, 0.3) is 0 Å². The largest absolute Gasteiger partial charge is 0.344 e. The van der Waals surface area contributed by atoms with Crippen LogP contribution in [-0.4, -0.2) is 87.7 Å². The van der Waals surface area contributed by atoms with Gasteiger partial charge in [0.05, 0.1) is 67.2 Å². The summed E-state index contributed by atoms with van der Waals surface area (Å²) >= 11 is 3.74. The molecule has 0 bridgehead atoms. The first-order valence-electron chi connectivity index (χ1n) is 15.3. The maximum atomic E-state index is 3.74. The lowest BCUT2D eigenvalue weighted by Gasteiger charge is -2.29. The number of benzene rings is 2. The van der Waals surface area contributed by atoms with Crippen molar-refractivity contribution < 1.29 is 13.5 Å². The number of halogens is 1. The monoisotopic (exact) mass is 621 g/mol. The predicted molar refractivity (Wildman–Crippen MR) is 181 cm³/mol. The van der Waals surface area contributed by atoms with Crippen molar-refractivity contribution in [3.05, 3.63) is 81.5 Å². The van der Waals surface area contributed by atoms with Crippen LogP contribution in [0.3, 0.4) is 0 Å². The molecule has 0 atom stereocenters. The van der Waals surface area contributed by atoms with Crippen LogP contribution in [0.4, 0.5) is 11.4 Å². The number of hydrogen-bond donors (Lipinski definition) is 0. The molecule has 4 rings (SSSR count). The average Bonchev–Trinajstić information content (AvgIpc) is 3.16. The minimum Gasteiger partial charge on any atom is -0.344 e. The molecule has 0 saturated heterocycles. The molecule has 41 heavy (non-hydrogen) atoms. The Morgan fingerprint density at radius 1 is 0.829 bits per heavy atom. The molecule has 0 spiro atoms. The van der Waals surface area contributed by atoms with Gasteiger partial charge in [-0.05, 0) is 50.6 Å². The van der Waals surface area contributed by atoms with Gasteiger partial charge in [0.1, 0.15) is 0 Å². The van der Waals surface area contributed by atoms with E-state index in [1.165, 1.54) is 39.5 Å². The van der Waals surface area contributed by atoms with Gasteiger partial charge in [-0.2, -0.15) is 4.58 Å². The number of aryl methyl sites for hydroxylation is 1. The molecule has 0 saturated carbocycles. The van der Waals surface area contributed by atoms with Crippen LogP contribution in [0.15, 0.2) is 64.8 Å². The molecule has 2 heterocycles. The molecule has 0 radical (unpaired) electrons. The predicted octanol–water partition coefficient (Wildman–Crippen LogP) is 7.56. The zero-order valence-corrected chi connectivity index (χ0v) is 29.2. The Balaban J connectivity index is 1.73. The van der Waals surface area contributed by atoms with Crippen LogP contribution in [0.2, 0.25) is 0 Å². The molecule has 2 aliphatic rings. The van der Waals surface area contributed by atoms with Crippen LogP contribution in [0.1, 0.15) is 57.2 Å². The molecule has 0 N–H and O–H groups in total. The SMILES string of the molecule is Cc1ccc2c(c1)C(C)(C)/C(=C/C=C/C1=[N+](CCC[N+](C)(C)C)c3ccc(Br)cc3C1(C)C)N2CCC[N+](C)(C)C. The Hall–Kier alpha value is -2.21. The van der Waals surface area contributed by atoms with Gasteiger partial charge in [-0.15, -0.1) is 0 Å². The third-order valence-electron chi connectivity index (χ3n) is 8.83. The smallest absolute Gasteiger partial charge is 0.209 e. The summed E-state index contributed by atoms with van der Waals surface area (Å²) in [5, 5.41) is 0.